The number of aliphatic hydroxyl groups is 1. The number of hydrogen-bond acceptors (Lipinski definition) is 3. The smallest absolute Gasteiger partial charge is 0.0942 e. The maximum atomic E-state index is 10.4. The lowest BCUT2D eigenvalue weighted by molar-refractivity contribution is 0.0177. The van der Waals surface area contributed by atoms with Gasteiger partial charge >= 0.3 is 0 Å². The Kier molecular flexibility index (Phi) is 5.37. The number of hydrogen-bond donors (Lipinski definition) is 1. The van der Waals surface area contributed by atoms with Crippen LogP contribution >= 0.6 is 0 Å². The average molecular weight is 263 g/mol. The molecule has 1 aliphatic heterocycles. The van der Waals surface area contributed by atoms with Crippen LogP contribution < -0.4 is 0 Å². The summed E-state index contributed by atoms with van der Waals surface area (Å²) in [5.41, 5.74) is 0.988. The van der Waals surface area contributed by atoms with Gasteiger partial charge in [-0.1, -0.05) is 30.3 Å². The third kappa shape index (κ3) is 4.03. The summed E-state index contributed by atoms with van der Waals surface area (Å²) in [5, 5.41) is 10.4. The molecule has 3 heteroatoms. The molecule has 0 aliphatic carbocycles. The van der Waals surface area contributed by atoms with Crippen molar-refractivity contribution in [1.29, 1.82) is 0 Å². The van der Waals surface area contributed by atoms with Crippen molar-refractivity contribution in [3.63, 3.8) is 0 Å². The van der Waals surface area contributed by atoms with E-state index in [-0.39, 0.29) is 6.04 Å². The SMILES string of the molecule is CC(C(O)c1ccccc1)N(C)CC1CCCOC1. The van der Waals surface area contributed by atoms with Crippen LogP contribution in [0.5, 0.6) is 0 Å². The number of aliphatic hydroxyl groups excluding tert-OH is 1. The van der Waals surface area contributed by atoms with Crippen LogP contribution in [0.15, 0.2) is 30.3 Å². The van der Waals surface area contributed by atoms with Crippen molar-refractivity contribution in [2.75, 3.05) is 26.8 Å². The van der Waals surface area contributed by atoms with Gasteiger partial charge in [0.05, 0.1) is 12.7 Å². The first-order valence-corrected chi connectivity index (χ1v) is 7.19. The van der Waals surface area contributed by atoms with Crippen LogP contribution in [0.4, 0.5) is 0 Å². The third-order valence-corrected chi connectivity index (χ3v) is 4.09. The zero-order valence-electron chi connectivity index (χ0n) is 12.0. The Hall–Kier alpha value is -0.900. The van der Waals surface area contributed by atoms with Gasteiger partial charge in [0.2, 0.25) is 0 Å². The van der Waals surface area contributed by atoms with E-state index in [1.165, 1.54) is 6.42 Å². The van der Waals surface area contributed by atoms with Crippen LogP contribution in [0.3, 0.4) is 0 Å². The summed E-state index contributed by atoms with van der Waals surface area (Å²) in [6.07, 6.45) is 1.96. The minimum atomic E-state index is -0.435. The van der Waals surface area contributed by atoms with Gasteiger partial charge in [-0.25, -0.2) is 0 Å². The molecule has 3 nitrogen and oxygen atoms in total. The van der Waals surface area contributed by atoms with Gasteiger partial charge in [-0.3, -0.25) is 0 Å². The highest BCUT2D eigenvalue weighted by Gasteiger charge is 2.23. The molecule has 19 heavy (non-hydrogen) atoms. The molecule has 0 amide bonds. The van der Waals surface area contributed by atoms with E-state index in [4.69, 9.17) is 4.74 Å². The van der Waals surface area contributed by atoms with Gasteiger partial charge in [0, 0.05) is 19.2 Å². The number of ether oxygens (including phenoxy) is 1. The largest absolute Gasteiger partial charge is 0.387 e. The fourth-order valence-corrected chi connectivity index (χ4v) is 2.69. The molecule has 1 aromatic rings. The zero-order valence-corrected chi connectivity index (χ0v) is 12.0. The minimum Gasteiger partial charge on any atom is -0.387 e. The predicted molar refractivity (Wildman–Crippen MR) is 77.0 cm³/mol. The highest BCUT2D eigenvalue weighted by molar-refractivity contribution is 5.18. The summed E-state index contributed by atoms with van der Waals surface area (Å²) in [6.45, 7) is 4.84. The molecule has 3 atom stereocenters. The first kappa shape index (κ1) is 14.5. The third-order valence-electron chi connectivity index (χ3n) is 4.09. The van der Waals surface area contributed by atoms with Gasteiger partial charge in [0.1, 0.15) is 0 Å². The molecule has 1 saturated heterocycles. The second kappa shape index (κ2) is 7.04. The fraction of sp³-hybridized carbons (Fsp3) is 0.625. The van der Waals surface area contributed by atoms with E-state index >= 15 is 0 Å². The molecule has 2 rings (SSSR count). The van der Waals surface area contributed by atoms with Crippen molar-refractivity contribution in [3.8, 4) is 0 Å². The van der Waals surface area contributed by atoms with Crippen LogP contribution in [-0.2, 0) is 4.74 Å². The zero-order chi connectivity index (χ0) is 13.7. The molecular weight excluding hydrogens is 238 g/mol. The van der Waals surface area contributed by atoms with Gasteiger partial charge in [0.25, 0.3) is 0 Å². The second-order valence-corrected chi connectivity index (χ2v) is 5.62. The second-order valence-electron chi connectivity index (χ2n) is 5.62. The van der Waals surface area contributed by atoms with E-state index in [1.54, 1.807) is 0 Å². The summed E-state index contributed by atoms with van der Waals surface area (Å²) in [7, 11) is 2.09. The molecule has 0 bridgehead atoms. The molecule has 1 aliphatic rings. The summed E-state index contributed by atoms with van der Waals surface area (Å²) in [4.78, 5) is 2.25. The monoisotopic (exact) mass is 263 g/mol. The van der Waals surface area contributed by atoms with Gasteiger partial charge in [-0.15, -0.1) is 0 Å². The quantitative estimate of drug-likeness (QED) is 0.886. The maximum absolute atomic E-state index is 10.4. The van der Waals surface area contributed by atoms with Gasteiger partial charge < -0.3 is 14.7 Å². The van der Waals surface area contributed by atoms with E-state index in [2.05, 4.69) is 18.9 Å². The minimum absolute atomic E-state index is 0.115. The molecule has 106 valence electrons. The van der Waals surface area contributed by atoms with Crippen molar-refractivity contribution < 1.29 is 9.84 Å². The van der Waals surface area contributed by atoms with E-state index in [9.17, 15) is 5.11 Å². The van der Waals surface area contributed by atoms with Crippen molar-refractivity contribution in [2.24, 2.45) is 5.92 Å². The number of likely N-dealkylation sites (N-methyl/N-ethyl adjacent to an activating group) is 1. The molecular formula is C16H25NO2. The summed E-state index contributed by atoms with van der Waals surface area (Å²) in [5.74, 6) is 0.601. The van der Waals surface area contributed by atoms with Crippen LogP contribution in [0, 0.1) is 5.92 Å². The van der Waals surface area contributed by atoms with Crippen molar-refractivity contribution >= 4 is 0 Å². The maximum Gasteiger partial charge on any atom is 0.0942 e. The molecule has 1 fully saturated rings. The normalized spacial score (nSPS) is 23.3. The number of nitrogens with zero attached hydrogens (tertiary/aromatic N) is 1. The molecule has 1 N–H and O–H groups in total. The Bertz CT molecular complexity index is 362. The van der Waals surface area contributed by atoms with Gasteiger partial charge in [-0.05, 0) is 38.3 Å². The van der Waals surface area contributed by atoms with Crippen molar-refractivity contribution in [1.82, 2.24) is 4.90 Å². The summed E-state index contributed by atoms with van der Waals surface area (Å²) >= 11 is 0. The lowest BCUT2D eigenvalue weighted by Crippen LogP contribution is -2.39. The molecule has 0 aromatic heterocycles. The Morgan fingerprint density at radius 1 is 1.37 bits per heavy atom. The van der Waals surface area contributed by atoms with Crippen molar-refractivity contribution in [2.45, 2.75) is 31.9 Å². The topological polar surface area (TPSA) is 32.7 Å². The lowest BCUT2D eigenvalue weighted by atomic mass is 9.98. The Morgan fingerprint density at radius 3 is 2.74 bits per heavy atom. The Morgan fingerprint density at radius 2 is 2.11 bits per heavy atom. The molecule has 1 aromatic carbocycles. The van der Waals surface area contributed by atoms with E-state index in [0.717, 1.165) is 31.7 Å². The van der Waals surface area contributed by atoms with E-state index < -0.39 is 6.10 Å². The first-order chi connectivity index (χ1) is 9.18. The number of benzene rings is 1. The Balaban J connectivity index is 1.89. The van der Waals surface area contributed by atoms with E-state index in [0.29, 0.717) is 5.92 Å². The van der Waals surface area contributed by atoms with Crippen LogP contribution in [-0.4, -0.2) is 42.9 Å². The Labute approximate surface area is 116 Å². The molecule has 3 unspecified atom stereocenters. The van der Waals surface area contributed by atoms with Crippen molar-refractivity contribution in [3.05, 3.63) is 35.9 Å². The standard InChI is InChI=1S/C16H25NO2/c1-13(16(18)15-8-4-3-5-9-15)17(2)11-14-7-6-10-19-12-14/h3-5,8-9,13-14,16,18H,6-7,10-12H2,1-2H3. The first-order valence-electron chi connectivity index (χ1n) is 7.19. The summed E-state index contributed by atoms with van der Waals surface area (Å²) < 4.78 is 5.52. The average Bonchev–Trinajstić information content (AvgIpc) is 2.47. The highest BCUT2D eigenvalue weighted by atomic mass is 16.5. The van der Waals surface area contributed by atoms with Crippen LogP contribution in [0.2, 0.25) is 0 Å². The highest BCUT2D eigenvalue weighted by Crippen LogP contribution is 2.22. The molecule has 0 radical (unpaired) electrons. The van der Waals surface area contributed by atoms with Gasteiger partial charge in [-0.2, -0.15) is 0 Å². The lowest BCUT2D eigenvalue weighted by Gasteiger charge is -2.33. The predicted octanol–water partition coefficient (Wildman–Crippen LogP) is 2.47. The summed E-state index contributed by atoms with van der Waals surface area (Å²) in [6, 6.07) is 10.0. The molecule has 1 heterocycles. The van der Waals surface area contributed by atoms with Crippen LogP contribution in [0.25, 0.3) is 0 Å². The van der Waals surface area contributed by atoms with Gasteiger partial charge in [0.15, 0.2) is 0 Å². The van der Waals surface area contributed by atoms with E-state index in [1.807, 2.05) is 30.3 Å². The number of rotatable bonds is 5. The fourth-order valence-electron chi connectivity index (χ4n) is 2.69. The van der Waals surface area contributed by atoms with Crippen LogP contribution in [0.1, 0.15) is 31.4 Å². The molecule has 0 spiro atoms. The molecule has 0 saturated carbocycles.